The summed E-state index contributed by atoms with van der Waals surface area (Å²) in [5.74, 6) is -0.997. The minimum Gasteiger partial charge on any atom is -0.466 e. The van der Waals surface area contributed by atoms with Gasteiger partial charge in [-0.2, -0.15) is 0 Å². The van der Waals surface area contributed by atoms with E-state index in [9.17, 15) is 41.9 Å². The fourth-order valence-corrected chi connectivity index (χ4v) is 7.48. The molecule has 0 amide bonds. The molecule has 68 heavy (non-hydrogen) atoms. The molecule has 0 aromatic carbocycles. The summed E-state index contributed by atoms with van der Waals surface area (Å²) in [6.07, 6.45) is 7.04. The van der Waals surface area contributed by atoms with E-state index in [1.54, 1.807) is 46.9 Å². The van der Waals surface area contributed by atoms with Gasteiger partial charge in [-0.1, -0.05) is 34.1 Å². The first-order chi connectivity index (χ1) is 31.2. The zero-order chi connectivity index (χ0) is 54.1. The van der Waals surface area contributed by atoms with E-state index in [0.29, 0.717) is 39.6 Å². The molecule has 0 aliphatic carbocycles. The fourth-order valence-electron chi connectivity index (χ4n) is 5.28. The Morgan fingerprint density at radius 3 is 1.35 bits per heavy atom. The molecule has 0 aromatic rings. The van der Waals surface area contributed by atoms with Crippen LogP contribution in [0.2, 0.25) is 0 Å². The average Bonchev–Trinajstić information content (AvgIpc) is 3.69. The summed E-state index contributed by atoms with van der Waals surface area (Å²) in [5.41, 5.74) is 0. The van der Waals surface area contributed by atoms with Gasteiger partial charge < -0.3 is 46.8 Å². The van der Waals surface area contributed by atoms with Gasteiger partial charge in [-0.05, 0) is 59.8 Å². The van der Waals surface area contributed by atoms with Crippen LogP contribution in [0.5, 0.6) is 0 Å². The van der Waals surface area contributed by atoms with Crippen molar-refractivity contribution in [3.8, 4) is 0 Å². The van der Waals surface area contributed by atoms with Gasteiger partial charge in [-0.3, -0.25) is 37.1 Å². The largest absolute Gasteiger partial charge is 0.466 e. The van der Waals surface area contributed by atoms with Crippen molar-refractivity contribution in [2.45, 2.75) is 152 Å². The van der Waals surface area contributed by atoms with Gasteiger partial charge in [0.25, 0.3) is 0 Å². The quantitative estimate of drug-likeness (QED) is 0.0477. The van der Waals surface area contributed by atoms with E-state index in [1.165, 1.54) is 47.8 Å². The number of Topliss-reactive ketones (excluding diaryl/α,β-unsaturated/α-hetero) is 1. The Bertz CT molecular complexity index is 1460. The highest BCUT2D eigenvalue weighted by Crippen LogP contribution is 2.38. The van der Waals surface area contributed by atoms with E-state index >= 15 is 0 Å². The van der Waals surface area contributed by atoms with Crippen molar-refractivity contribution in [3.63, 3.8) is 0 Å². The number of carbonyl (C=O) groups excluding carboxylic acids is 5. The second kappa shape index (κ2) is 45.0. The van der Waals surface area contributed by atoms with Gasteiger partial charge in [-0.15, -0.1) is 0 Å². The summed E-state index contributed by atoms with van der Waals surface area (Å²) in [6.45, 7) is 34.1. The molecule has 2 fully saturated rings. The van der Waals surface area contributed by atoms with Crippen LogP contribution in [0.3, 0.4) is 0 Å². The number of hydrogen-bond donors (Lipinski definition) is 0. The van der Waals surface area contributed by atoms with E-state index in [0.717, 1.165) is 51.6 Å². The Balaban J connectivity index is -0.000000258. The van der Waals surface area contributed by atoms with Crippen molar-refractivity contribution < 1.29 is 88.1 Å². The molecule has 7 atom stereocenters. The molecule has 2 rings (SSSR count). The normalized spacial score (nSPS) is 19.9. The van der Waals surface area contributed by atoms with E-state index in [-0.39, 0.29) is 72.5 Å². The number of ketones is 1. The monoisotopic (exact) mass is 1060 g/mol. The molecule has 19 nitrogen and oxygen atoms in total. The number of hydrogen-bond acceptors (Lipinski definition) is 19. The van der Waals surface area contributed by atoms with Crippen molar-refractivity contribution in [2.75, 3.05) is 99.1 Å². The van der Waals surface area contributed by atoms with Gasteiger partial charge in [0, 0.05) is 92.2 Å². The van der Waals surface area contributed by atoms with Crippen molar-refractivity contribution in [3.05, 3.63) is 0 Å². The molecule has 2 aliphatic heterocycles. The highest BCUT2D eigenvalue weighted by Gasteiger charge is 2.43. The fraction of sp³-hybridized carbons (Fsp3) is 0.889. The summed E-state index contributed by atoms with van der Waals surface area (Å²) in [6, 6.07) is 0. The Kier molecular flexibility index (Phi) is 49.7. The molecule has 2 saturated heterocycles. The summed E-state index contributed by atoms with van der Waals surface area (Å²) in [4.78, 5) is 53.1. The maximum Gasteiger partial charge on any atom is 0.302 e. The van der Waals surface area contributed by atoms with Gasteiger partial charge in [0.2, 0.25) is 0 Å². The van der Waals surface area contributed by atoms with E-state index in [4.69, 9.17) is 42.0 Å². The van der Waals surface area contributed by atoms with Crippen LogP contribution < -0.4 is 0 Å². The zero-order valence-corrected chi connectivity index (χ0v) is 48.6. The Labute approximate surface area is 412 Å². The van der Waals surface area contributed by atoms with Crippen LogP contribution >= 0.6 is 22.1 Å². The smallest absolute Gasteiger partial charge is 0.302 e. The third kappa shape index (κ3) is 62.2. The third-order valence-corrected chi connectivity index (χ3v) is 11.0. The molecule has 4 unspecified atom stereocenters. The van der Waals surface area contributed by atoms with Gasteiger partial charge in [0.05, 0.1) is 58.5 Å². The maximum atomic E-state index is 11.5. The van der Waals surface area contributed by atoms with E-state index in [2.05, 4.69) is 4.18 Å². The molecule has 23 heteroatoms. The first-order valence-corrected chi connectivity index (χ1v) is 32.1. The molecule has 0 spiro atoms. The Morgan fingerprint density at radius 1 is 0.603 bits per heavy atom. The lowest BCUT2D eigenvalue weighted by Gasteiger charge is -2.44. The topological polar surface area (TPSA) is 246 Å². The number of carbonyl (C=O) groups is 5. The van der Waals surface area contributed by atoms with Crippen LogP contribution in [0.15, 0.2) is 0 Å². The van der Waals surface area contributed by atoms with Gasteiger partial charge >= 0.3 is 23.9 Å². The second-order valence-electron chi connectivity index (χ2n) is 16.6. The average molecular weight is 1060 g/mol. The molecule has 408 valence electrons. The first-order valence-electron chi connectivity index (χ1n) is 23.1. The molecular weight excluding hydrogens is 969 g/mol. The zero-order valence-electron chi connectivity index (χ0n) is 45.1. The second-order valence-corrected chi connectivity index (χ2v) is 26.0. The van der Waals surface area contributed by atoms with Crippen molar-refractivity contribution in [2.24, 2.45) is 11.8 Å². The SMILES string of the molecule is CC(=O)OC1CCOC1.CC(=O)OCCCCC[C@@H]1OC(COC(C)=O)[C@@H](C)[C@H](OC(C)=O)C1C.CC(C)=O.CCCOP(C)(C)=O.CCCOP(C)(C)=O.CCOP(C)(C)=O.CCOS(C)=O. The minimum absolute atomic E-state index is 0.0162. The van der Waals surface area contributed by atoms with Crippen LogP contribution in [0.25, 0.3) is 0 Å². The lowest BCUT2D eigenvalue weighted by molar-refractivity contribution is -0.201. The third-order valence-electron chi connectivity index (χ3n) is 7.91. The Hall–Kier alpha value is -1.85. The molecule has 2 aliphatic rings. The molecule has 2 heterocycles. The molecule has 0 aromatic heterocycles. The molecule has 0 radical (unpaired) electrons. The molecule has 0 saturated carbocycles. The maximum absolute atomic E-state index is 11.5. The summed E-state index contributed by atoms with van der Waals surface area (Å²) < 4.78 is 92.8. The van der Waals surface area contributed by atoms with Crippen molar-refractivity contribution in [1.29, 1.82) is 0 Å². The number of unbranched alkanes of at least 4 members (excludes halogenated alkanes) is 2. The van der Waals surface area contributed by atoms with Crippen LogP contribution in [0, 0.1) is 11.8 Å². The van der Waals surface area contributed by atoms with E-state index < -0.39 is 33.2 Å². The van der Waals surface area contributed by atoms with Crippen molar-refractivity contribution >= 4 is 62.8 Å². The highest BCUT2D eigenvalue weighted by molar-refractivity contribution is 7.79. The minimum atomic E-state index is -2.18. The van der Waals surface area contributed by atoms with Crippen molar-refractivity contribution in [1.82, 2.24) is 0 Å². The summed E-state index contributed by atoms with van der Waals surface area (Å²) in [7, 11) is -6.53. The molecule has 0 bridgehead atoms. The number of ether oxygens (including phenoxy) is 6. The predicted molar refractivity (Wildman–Crippen MR) is 270 cm³/mol. The lowest BCUT2D eigenvalue weighted by Crippen LogP contribution is -2.52. The van der Waals surface area contributed by atoms with Crippen LogP contribution in [-0.4, -0.2) is 157 Å². The lowest BCUT2D eigenvalue weighted by atomic mass is 9.81. The Morgan fingerprint density at radius 2 is 1.06 bits per heavy atom. The van der Waals surface area contributed by atoms with E-state index in [1.807, 2.05) is 34.6 Å². The number of esters is 4. The van der Waals surface area contributed by atoms with Crippen LogP contribution in [0.1, 0.15) is 128 Å². The van der Waals surface area contributed by atoms with Crippen LogP contribution in [-0.2, 0) is 94.9 Å². The van der Waals surface area contributed by atoms with Crippen LogP contribution in [0.4, 0.5) is 0 Å². The van der Waals surface area contributed by atoms with Gasteiger partial charge in [0.15, 0.2) is 33.2 Å². The predicted octanol–water partition coefficient (Wildman–Crippen LogP) is 9.36. The van der Waals surface area contributed by atoms with Gasteiger partial charge in [-0.25, -0.2) is 4.21 Å². The summed E-state index contributed by atoms with van der Waals surface area (Å²) >= 11 is -1.07. The highest BCUT2D eigenvalue weighted by atomic mass is 32.2. The summed E-state index contributed by atoms with van der Waals surface area (Å²) in [5, 5.41) is 0. The van der Waals surface area contributed by atoms with Gasteiger partial charge in [0.1, 0.15) is 24.6 Å². The number of rotatable bonds is 20. The standard InChI is InChI=1S/C19H32O7.C6H10O3.2C5H13O2P.C4H11O2P.C3H8O2S.C3H6O/c1-12-17(9-7-6-8-10-23-14(3)20)26-18(11-24-15(4)21)13(2)19(12)25-16(5)22;1-5(7)9-6-2-3-8-4-6;2*1-4-5-7-8(2,3)6;1-4-6-7(2,3)5;1-3-5-6(2)4;1-3(2)4/h12-13,17-19H,6-11H2,1-5H3;6H,2-4H2,1H3;2*4-5H2,1-3H3;4H2,1-3H3;3H2,1-2H3;1-2H3/t12?,13-,17+,18?,19-;;;;;;/m1....../s1. The first kappa shape index (κ1) is 75.1. The molecular formula is C45H93O19P3S. The molecule has 0 N–H and O–H groups in total.